The smallest absolute Gasteiger partial charge is 0.296 e. The zero-order valence-corrected chi connectivity index (χ0v) is 34.0. The van der Waals surface area contributed by atoms with E-state index in [1.807, 2.05) is 36.4 Å². The minimum Gasteiger partial charge on any atom is -0.296 e. The summed E-state index contributed by atoms with van der Waals surface area (Å²) in [5.41, 5.74) is 9.57. The van der Waals surface area contributed by atoms with Gasteiger partial charge < -0.3 is 0 Å². The molecule has 0 radical (unpaired) electrons. The third kappa shape index (κ3) is 5.67. The van der Waals surface area contributed by atoms with Gasteiger partial charge in [0.2, 0.25) is 0 Å². The van der Waals surface area contributed by atoms with Crippen molar-refractivity contribution in [3.8, 4) is 22.5 Å². The molecule has 0 saturated carbocycles. The molecule has 0 N–H and O–H groups in total. The maximum absolute atomic E-state index is 5.48. The Morgan fingerprint density at radius 1 is 0.322 bits per heavy atom. The number of hydrogen-bond acceptors (Lipinski definition) is 2. The zero-order chi connectivity index (χ0) is 38.2. The van der Waals surface area contributed by atoms with Crippen LogP contribution in [0.2, 0.25) is 0 Å². The topological polar surface area (TPSA) is 25.8 Å². The molecule has 12 rings (SSSR count). The van der Waals surface area contributed by atoms with Crippen LogP contribution in [0, 0.1) is 12.1 Å². The molecule has 0 amide bonds. The van der Waals surface area contributed by atoms with Gasteiger partial charge in [0.05, 0.1) is 11.4 Å². The van der Waals surface area contributed by atoms with Crippen LogP contribution in [-0.2, 0) is 21.1 Å². The van der Waals surface area contributed by atoms with E-state index in [4.69, 9.17) is 9.97 Å². The van der Waals surface area contributed by atoms with Crippen LogP contribution in [-0.4, -0.2) is 9.97 Å². The average molecular weight is 928 g/mol. The first-order chi connectivity index (χ1) is 28.8. The summed E-state index contributed by atoms with van der Waals surface area (Å²) in [6.45, 7) is 0. The van der Waals surface area contributed by atoms with Crippen molar-refractivity contribution in [3.63, 3.8) is 0 Å². The minimum absolute atomic E-state index is 0. The Kier molecular flexibility index (Phi) is 8.43. The summed E-state index contributed by atoms with van der Waals surface area (Å²) >= 11 is 0. The van der Waals surface area contributed by atoms with Gasteiger partial charge in [0, 0.05) is 11.1 Å². The summed E-state index contributed by atoms with van der Waals surface area (Å²) in [6, 6.07) is 76.2. The molecule has 2 heterocycles. The van der Waals surface area contributed by atoms with Gasteiger partial charge in [-0.25, -0.2) is 0 Å². The van der Waals surface area contributed by atoms with Crippen LogP contribution < -0.4 is 0 Å². The Hall–Kier alpha value is -6.99. The van der Waals surface area contributed by atoms with Crippen LogP contribution in [0.15, 0.2) is 194 Å². The Balaban J connectivity index is 0.00000397. The molecule has 0 saturated heterocycles. The molecule has 59 heavy (non-hydrogen) atoms. The summed E-state index contributed by atoms with van der Waals surface area (Å²) in [5.74, 6) is 0. The number of hydrogen-bond donors (Lipinski definition) is 0. The van der Waals surface area contributed by atoms with Gasteiger partial charge >= 0.3 is 21.1 Å². The molecule has 10 aromatic carbocycles. The summed E-state index contributed by atoms with van der Waals surface area (Å²) in [5, 5.41) is 14.9. The summed E-state index contributed by atoms with van der Waals surface area (Å²) in [7, 11) is 0. The SMILES string of the molecule is [Pt+2].[c-]1ccccc1-c1cccc(C(=C(c2ccc3ccc4cccc5ccc2c3c45)c2ccc3ccc4cccc5ccc2c3c45)c2cccc(-c3[c-]cccc3)n2)n1. The molecule has 0 aliphatic rings. The van der Waals surface area contributed by atoms with E-state index >= 15 is 0 Å². The first-order valence-electron chi connectivity index (χ1n) is 19.7. The van der Waals surface area contributed by atoms with Crippen molar-refractivity contribution in [2.75, 3.05) is 0 Å². The molecule has 276 valence electrons. The van der Waals surface area contributed by atoms with Crippen molar-refractivity contribution < 1.29 is 21.1 Å². The fraction of sp³-hybridized carbons (Fsp3) is 0. The Morgan fingerprint density at radius 3 is 1.14 bits per heavy atom. The van der Waals surface area contributed by atoms with Gasteiger partial charge in [0.1, 0.15) is 0 Å². The summed E-state index contributed by atoms with van der Waals surface area (Å²) in [4.78, 5) is 11.0. The van der Waals surface area contributed by atoms with Crippen LogP contribution in [0.4, 0.5) is 0 Å². The van der Waals surface area contributed by atoms with Crippen molar-refractivity contribution in [2.45, 2.75) is 0 Å². The average Bonchev–Trinajstić information content (AvgIpc) is 3.30. The molecule has 0 fully saturated rings. The van der Waals surface area contributed by atoms with Crippen molar-refractivity contribution >= 4 is 75.8 Å². The van der Waals surface area contributed by atoms with Gasteiger partial charge in [-0.2, -0.15) is 0 Å². The van der Waals surface area contributed by atoms with Crippen LogP contribution >= 0.6 is 0 Å². The van der Waals surface area contributed by atoms with Crippen molar-refractivity contribution in [2.24, 2.45) is 0 Å². The molecule has 0 aliphatic carbocycles. The van der Waals surface area contributed by atoms with E-state index in [0.717, 1.165) is 56.2 Å². The van der Waals surface area contributed by atoms with Crippen LogP contribution in [0.25, 0.3) is 98.3 Å². The third-order valence-corrected chi connectivity index (χ3v) is 11.8. The van der Waals surface area contributed by atoms with Gasteiger partial charge in [-0.3, -0.25) is 9.97 Å². The van der Waals surface area contributed by atoms with Crippen molar-refractivity contribution in [1.29, 1.82) is 0 Å². The second kappa shape index (κ2) is 14.1. The fourth-order valence-electron chi connectivity index (χ4n) is 9.26. The number of rotatable bonds is 6. The minimum atomic E-state index is 0. The third-order valence-electron chi connectivity index (χ3n) is 11.8. The van der Waals surface area contributed by atoms with Crippen LogP contribution in [0.5, 0.6) is 0 Å². The summed E-state index contributed by atoms with van der Waals surface area (Å²) < 4.78 is 0. The second-order valence-corrected chi connectivity index (χ2v) is 15.1. The van der Waals surface area contributed by atoms with Crippen LogP contribution in [0.3, 0.4) is 0 Å². The molecule has 12 aromatic rings. The van der Waals surface area contributed by atoms with E-state index in [2.05, 4.69) is 170 Å². The molecular weight excluding hydrogens is 896 g/mol. The fourth-order valence-corrected chi connectivity index (χ4v) is 9.26. The molecule has 0 spiro atoms. The monoisotopic (exact) mass is 927 g/mol. The van der Waals surface area contributed by atoms with E-state index in [9.17, 15) is 0 Å². The number of benzene rings is 10. The van der Waals surface area contributed by atoms with Gasteiger partial charge in [0.25, 0.3) is 0 Å². The van der Waals surface area contributed by atoms with Crippen molar-refractivity contribution in [3.05, 3.63) is 229 Å². The van der Waals surface area contributed by atoms with E-state index in [1.165, 1.54) is 64.6 Å². The maximum Gasteiger partial charge on any atom is 2.00 e. The van der Waals surface area contributed by atoms with E-state index < -0.39 is 0 Å². The second-order valence-electron chi connectivity index (χ2n) is 15.1. The Labute approximate surface area is 356 Å². The first-order valence-corrected chi connectivity index (χ1v) is 19.7. The number of nitrogens with zero attached hydrogens (tertiary/aromatic N) is 2. The quantitative estimate of drug-likeness (QED) is 0.123. The van der Waals surface area contributed by atoms with E-state index in [1.54, 1.807) is 0 Å². The van der Waals surface area contributed by atoms with E-state index in [-0.39, 0.29) is 21.1 Å². The summed E-state index contributed by atoms with van der Waals surface area (Å²) in [6.07, 6.45) is 0. The Bertz CT molecular complexity index is 3290. The molecular formula is C56H32N2Pt. The van der Waals surface area contributed by atoms with Crippen LogP contribution in [0.1, 0.15) is 22.5 Å². The molecule has 0 bridgehead atoms. The standard InChI is InChI=1S/C56H32N2.Pt/c1-3-11-35(12-4-1)47-19-9-21-49(57-47)56(50-22-10-20-48(58-50)36-13-5-2-6-14-36)55(45-33-29-41-25-23-37-15-7-17-39-27-31-43(45)53(41)51(37)39)46-34-30-42-26-24-38-16-8-18-40-28-32-44(46)54(42)52(38)40;/h1-11,13,15-34H;/q-2;+2. The largest absolute Gasteiger partial charge is 2.00 e. The van der Waals surface area contributed by atoms with Gasteiger partial charge in [-0.1, -0.05) is 133 Å². The molecule has 2 aromatic heterocycles. The molecule has 3 heteroatoms. The van der Waals surface area contributed by atoms with E-state index in [0.29, 0.717) is 0 Å². The maximum atomic E-state index is 5.48. The first kappa shape index (κ1) is 35.2. The zero-order valence-electron chi connectivity index (χ0n) is 31.7. The number of pyridine rings is 2. The normalized spacial score (nSPS) is 11.6. The molecule has 0 aliphatic heterocycles. The van der Waals surface area contributed by atoms with Crippen molar-refractivity contribution in [1.82, 2.24) is 9.97 Å². The van der Waals surface area contributed by atoms with Gasteiger partial charge in [0.15, 0.2) is 0 Å². The van der Waals surface area contributed by atoms with Gasteiger partial charge in [-0.15, -0.1) is 71.8 Å². The molecule has 0 atom stereocenters. The Morgan fingerprint density at radius 2 is 0.712 bits per heavy atom. The predicted molar refractivity (Wildman–Crippen MR) is 242 cm³/mol. The molecule has 2 nitrogen and oxygen atoms in total. The van der Waals surface area contributed by atoms with Gasteiger partial charge in [-0.05, 0) is 99.3 Å². The molecule has 0 unspecified atom stereocenters. The number of aromatic nitrogens is 2. The predicted octanol–water partition coefficient (Wildman–Crippen LogP) is 14.2.